The molecule has 2 atom stereocenters. The van der Waals surface area contributed by atoms with Gasteiger partial charge in [0.2, 0.25) is 5.91 Å². The van der Waals surface area contributed by atoms with Crippen molar-refractivity contribution in [3.05, 3.63) is 43.5 Å². The van der Waals surface area contributed by atoms with E-state index < -0.39 is 61.8 Å². The fourth-order valence-electron chi connectivity index (χ4n) is 7.19. The smallest absolute Gasteiger partial charge is 0.482 e. The van der Waals surface area contributed by atoms with Gasteiger partial charge in [-0.15, -0.1) is 13.2 Å². The molecule has 0 saturated heterocycles. The van der Waals surface area contributed by atoms with Crippen LogP contribution in [0.25, 0.3) is 0 Å². The lowest BCUT2D eigenvalue weighted by atomic mass is 9.47. The Morgan fingerprint density at radius 1 is 0.936 bits per heavy atom. The number of rotatable bonds is 12. The zero-order chi connectivity index (χ0) is 34.4. The molecular formula is C28H28F3I2NO11S2. The number of benzene rings is 2. The topological polar surface area (TPSA) is 172 Å². The SMILES string of the molecule is O=C(COc1cc(I)c(S(=O)(=O)O)c(I)c1)OCCOC12CC3CC(C1)CC(C(=O)NS(=O)(=O)c1ccc(OC(F)(F)F)cc1)(C3)C2. The third kappa shape index (κ3) is 8.62. The second kappa shape index (κ2) is 13.4. The first-order valence-electron chi connectivity index (χ1n) is 14.1. The van der Waals surface area contributed by atoms with Gasteiger partial charge in [-0.3, -0.25) is 9.35 Å². The van der Waals surface area contributed by atoms with Crippen LogP contribution in [-0.2, 0) is 39.2 Å². The van der Waals surface area contributed by atoms with E-state index in [1.54, 1.807) is 45.2 Å². The van der Waals surface area contributed by atoms with E-state index in [0.29, 0.717) is 25.7 Å². The molecule has 6 rings (SSSR count). The maximum atomic E-state index is 13.6. The molecule has 4 aliphatic carbocycles. The number of carbonyl (C=O) groups is 2. The number of alkyl halides is 3. The first-order valence-corrected chi connectivity index (χ1v) is 19.2. The van der Waals surface area contributed by atoms with Crippen LogP contribution in [0.15, 0.2) is 46.2 Å². The number of esters is 1. The standard InChI is InChI=1S/C28H28F3I2NO11S2/c29-28(30,31)45-18-1-3-20(4-2-18)46(37,38)34-25(36)26-10-16-7-17(11-26)13-27(12-16,15-26)44-6-5-42-23(35)14-43-19-8-21(32)24(22(33)9-19)47(39,40)41/h1-4,8-9,16-17H,5-7,10-15H2,(H,34,36)(H,39,40,41). The van der Waals surface area contributed by atoms with Crippen molar-refractivity contribution in [3.8, 4) is 11.5 Å². The summed E-state index contributed by atoms with van der Waals surface area (Å²) in [6, 6.07) is 6.27. The zero-order valence-electron chi connectivity index (χ0n) is 24.2. The third-order valence-corrected chi connectivity index (χ3v) is 13.2. The van der Waals surface area contributed by atoms with Crippen LogP contribution in [0.1, 0.15) is 38.5 Å². The molecule has 0 radical (unpaired) electrons. The van der Waals surface area contributed by atoms with E-state index in [9.17, 15) is 44.1 Å². The number of hydrogen-bond acceptors (Lipinski definition) is 10. The molecule has 0 spiro atoms. The number of hydrogen-bond donors (Lipinski definition) is 2. The van der Waals surface area contributed by atoms with Crippen molar-refractivity contribution in [1.29, 1.82) is 0 Å². The van der Waals surface area contributed by atoms with Crippen LogP contribution >= 0.6 is 45.2 Å². The fraction of sp³-hybridized carbons (Fsp3) is 0.500. The minimum Gasteiger partial charge on any atom is -0.482 e. The van der Waals surface area contributed by atoms with Crippen molar-refractivity contribution < 1.29 is 63.1 Å². The molecule has 47 heavy (non-hydrogen) atoms. The molecule has 19 heteroatoms. The minimum absolute atomic E-state index is 0.0202. The number of carbonyl (C=O) groups excluding carboxylic acids is 2. The Balaban J connectivity index is 1.15. The molecule has 12 nitrogen and oxygen atoms in total. The average molecular weight is 929 g/mol. The average Bonchev–Trinajstić information content (AvgIpc) is 2.91. The molecule has 1 amide bonds. The summed E-state index contributed by atoms with van der Waals surface area (Å²) in [7, 11) is -8.82. The van der Waals surface area contributed by atoms with Crippen molar-refractivity contribution in [2.45, 2.75) is 60.3 Å². The number of sulfonamides is 1. The van der Waals surface area contributed by atoms with Crippen molar-refractivity contribution in [2.75, 3.05) is 19.8 Å². The molecule has 2 aromatic rings. The summed E-state index contributed by atoms with van der Waals surface area (Å²) in [6.07, 6.45) is -1.51. The highest BCUT2D eigenvalue weighted by Crippen LogP contribution is 2.63. The van der Waals surface area contributed by atoms with Gasteiger partial charge in [0.25, 0.3) is 20.1 Å². The second-order valence-electron chi connectivity index (χ2n) is 11.9. The van der Waals surface area contributed by atoms with E-state index in [4.69, 9.17) is 14.2 Å². The summed E-state index contributed by atoms with van der Waals surface area (Å²) in [5.41, 5.74) is -1.73. The largest absolute Gasteiger partial charge is 0.573 e. The van der Waals surface area contributed by atoms with Crippen LogP contribution in [0, 0.1) is 24.4 Å². The van der Waals surface area contributed by atoms with Gasteiger partial charge in [-0.25, -0.2) is 17.9 Å². The Morgan fingerprint density at radius 2 is 1.53 bits per heavy atom. The van der Waals surface area contributed by atoms with Crippen LogP contribution < -0.4 is 14.2 Å². The van der Waals surface area contributed by atoms with Crippen molar-refractivity contribution in [3.63, 3.8) is 0 Å². The Morgan fingerprint density at radius 3 is 2.09 bits per heavy atom. The molecule has 0 heterocycles. The lowest BCUT2D eigenvalue weighted by Crippen LogP contribution is -2.61. The lowest BCUT2D eigenvalue weighted by molar-refractivity contribution is -0.274. The Kier molecular flexibility index (Phi) is 10.4. The third-order valence-electron chi connectivity index (χ3n) is 8.42. The van der Waals surface area contributed by atoms with Gasteiger partial charge in [0, 0.05) is 7.14 Å². The molecule has 258 valence electrons. The van der Waals surface area contributed by atoms with Crippen LogP contribution in [0.5, 0.6) is 11.5 Å². The lowest BCUT2D eigenvalue weighted by Gasteiger charge is -2.60. The highest BCUT2D eigenvalue weighted by atomic mass is 127. The maximum absolute atomic E-state index is 13.6. The van der Waals surface area contributed by atoms with E-state index in [-0.39, 0.29) is 54.2 Å². The predicted molar refractivity (Wildman–Crippen MR) is 172 cm³/mol. The Hall–Kier alpha value is -1.95. The normalized spacial score (nSPS) is 25.3. The van der Waals surface area contributed by atoms with Crippen LogP contribution in [0.2, 0.25) is 0 Å². The summed E-state index contributed by atoms with van der Waals surface area (Å²) in [4.78, 5) is 25.2. The van der Waals surface area contributed by atoms with E-state index in [1.807, 2.05) is 0 Å². The fourth-order valence-corrected chi connectivity index (χ4v) is 12.3. The van der Waals surface area contributed by atoms with Crippen molar-refractivity contribution >= 4 is 77.2 Å². The van der Waals surface area contributed by atoms with Crippen molar-refractivity contribution in [1.82, 2.24) is 4.72 Å². The summed E-state index contributed by atoms with van der Waals surface area (Å²) in [5, 5.41) is 0. The molecule has 4 bridgehead atoms. The summed E-state index contributed by atoms with van der Waals surface area (Å²) in [6.45, 7) is -0.563. The number of halogens is 5. The highest BCUT2D eigenvalue weighted by Gasteiger charge is 2.61. The van der Waals surface area contributed by atoms with Gasteiger partial charge in [-0.05, 0) is 132 Å². The van der Waals surface area contributed by atoms with Gasteiger partial charge in [-0.2, -0.15) is 8.42 Å². The number of nitrogens with one attached hydrogen (secondary N) is 1. The van der Waals surface area contributed by atoms with E-state index in [1.165, 1.54) is 12.1 Å². The minimum atomic E-state index is -4.94. The highest BCUT2D eigenvalue weighted by molar-refractivity contribution is 14.1. The predicted octanol–water partition coefficient (Wildman–Crippen LogP) is 4.82. The van der Waals surface area contributed by atoms with Crippen LogP contribution in [0.4, 0.5) is 13.2 Å². The maximum Gasteiger partial charge on any atom is 0.573 e. The quantitative estimate of drug-likeness (QED) is 0.130. The molecule has 2 N–H and O–H groups in total. The van der Waals surface area contributed by atoms with Crippen LogP contribution in [-0.4, -0.2) is 65.0 Å². The van der Waals surface area contributed by atoms with Gasteiger partial charge >= 0.3 is 12.3 Å². The zero-order valence-corrected chi connectivity index (χ0v) is 30.2. The summed E-state index contributed by atoms with van der Waals surface area (Å²) >= 11 is 3.46. The van der Waals surface area contributed by atoms with Gasteiger partial charge in [0.1, 0.15) is 23.0 Å². The summed E-state index contributed by atoms with van der Waals surface area (Å²) in [5.74, 6) is -1.55. The first-order chi connectivity index (χ1) is 21.8. The molecule has 4 saturated carbocycles. The molecule has 0 aliphatic heterocycles. The molecule has 4 aliphatic rings. The molecule has 2 unspecified atom stereocenters. The number of amides is 1. The molecule has 2 aromatic carbocycles. The van der Waals surface area contributed by atoms with E-state index in [0.717, 1.165) is 30.7 Å². The van der Waals surface area contributed by atoms with Gasteiger partial charge in [0.05, 0.1) is 22.5 Å². The Bertz CT molecular complexity index is 1730. The first kappa shape index (κ1) is 36.3. The van der Waals surface area contributed by atoms with E-state index in [2.05, 4.69) is 9.46 Å². The van der Waals surface area contributed by atoms with Gasteiger partial charge < -0.3 is 18.9 Å². The molecule has 4 fully saturated rings. The number of ether oxygens (including phenoxy) is 4. The Labute approximate surface area is 295 Å². The van der Waals surface area contributed by atoms with Gasteiger partial charge in [-0.1, -0.05) is 0 Å². The van der Waals surface area contributed by atoms with Crippen molar-refractivity contribution in [2.24, 2.45) is 17.3 Å². The monoisotopic (exact) mass is 929 g/mol. The van der Waals surface area contributed by atoms with Crippen LogP contribution in [0.3, 0.4) is 0 Å². The second-order valence-corrected chi connectivity index (χ2v) is 17.3. The van der Waals surface area contributed by atoms with E-state index >= 15 is 0 Å². The van der Waals surface area contributed by atoms with Gasteiger partial charge in [0.15, 0.2) is 6.61 Å². The molecule has 0 aromatic heterocycles. The molecular weight excluding hydrogens is 901 g/mol. The summed E-state index contributed by atoms with van der Waals surface area (Å²) < 4.78 is 119.